The van der Waals surface area contributed by atoms with Gasteiger partial charge in [0, 0.05) is 18.7 Å². The third-order valence-electron chi connectivity index (χ3n) is 4.39. The molecule has 20 heavy (non-hydrogen) atoms. The first-order valence-electron chi connectivity index (χ1n) is 7.39. The molecule has 1 aliphatic carbocycles. The number of halogens is 2. The highest BCUT2D eigenvalue weighted by atomic mass is 19.1. The number of aliphatic hydroxyl groups is 1. The minimum atomic E-state index is -0.699. The van der Waals surface area contributed by atoms with Crippen LogP contribution < -0.4 is 5.32 Å². The average molecular weight is 283 g/mol. The standard InChI is InChI=1S/C16H23F2NO/c1-2-12-5-7-16(20,8-6-12)11-19-10-13-9-14(17)3-4-15(13)18/h3-4,9,12,19-20H,2,5-8,10-11H2,1H3. The minimum absolute atomic E-state index is 0.239. The lowest BCUT2D eigenvalue weighted by Gasteiger charge is -2.36. The second-order valence-corrected chi connectivity index (χ2v) is 5.92. The van der Waals surface area contributed by atoms with E-state index in [0.29, 0.717) is 12.1 Å². The fourth-order valence-electron chi connectivity index (χ4n) is 2.91. The maximum atomic E-state index is 13.5. The molecular weight excluding hydrogens is 260 g/mol. The molecular formula is C16H23F2NO. The zero-order chi connectivity index (χ0) is 14.6. The van der Waals surface area contributed by atoms with Crippen LogP contribution in [-0.2, 0) is 6.54 Å². The largest absolute Gasteiger partial charge is 0.389 e. The Kier molecular flexibility index (Phi) is 5.11. The van der Waals surface area contributed by atoms with E-state index in [-0.39, 0.29) is 6.54 Å². The van der Waals surface area contributed by atoms with E-state index in [2.05, 4.69) is 12.2 Å². The second kappa shape index (κ2) is 6.64. The summed E-state index contributed by atoms with van der Waals surface area (Å²) in [4.78, 5) is 0. The molecule has 0 heterocycles. The van der Waals surface area contributed by atoms with Gasteiger partial charge in [0.05, 0.1) is 5.60 Å². The number of rotatable bonds is 5. The van der Waals surface area contributed by atoms with Gasteiger partial charge in [-0.05, 0) is 49.8 Å². The van der Waals surface area contributed by atoms with Crippen LogP contribution in [0.1, 0.15) is 44.6 Å². The highest BCUT2D eigenvalue weighted by Gasteiger charge is 2.32. The molecule has 0 aromatic heterocycles. The van der Waals surface area contributed by atoms with Crippen molar-refractivity contribution < 1.29 is 13.9 Å². The summed E-state index contributed by atoms with van der Waals surface area (Å²) in [7, 11) is 0. The highest BCUT2D eigenvalue weighted by Crippen LogP contribution is 2.33. The van der Waals surface area contributed by atoms with Gasteiger partial charge in [0.2, 0.25) is 0 Å². The lowest BCUT2D eigenvalue weighted by Crippen LogP contribution is -2.43. The van der Waals surface area contributed by atoms with E-state index in [1.165, 1.54) is 6.07 Å². The monoisotopic (exact) mass is 283 g/mol. The van der Waals surface area contributed by atoms with E-state index in [1.807, 2.05) is 0 Å². The second-order valence-electron chi connectivity index (χ2n) is 5.92. The summed E-state index contributed by atoms with van der Waals surface area (Å²) in [5.74, 6) is -0.137. The van der Waals surface area contributed by atoms with Crippen molar-refractivity contribution in [3.63, 3.8) is 0 Å². The van der Waals surface area contributed by atoms with Gasteiger partial charge in [-0.25, -0.2) is 8.78 Å². The van der Waals surface area contributed by atoms with Crippen LogP contribution in [0.25, 0.3) is 0 Å². The minimum Gasteiger partial charge on any atom is -0.389 e. The Morgan fingerprint density at radius 1 is 1.30 bits per heavy atom. The smallest absolute Gasteiger partial charge is 0.127 e. The maximum absolute atomic E-state index is 13.5. The summed E-state index contributed by atoms with van der Waals surface area (Å²) >= 11 is 0. The topological polar surface area (TPSA) is 32.3 Å². The van der Waals surface area contributed by atoms with Crippen LogP contribution in [0.5, 0.6) is 0 Å². The Bertz CT molecular complexity index is 442. The molecule has 4 heteroatoms. The van der Waals surface area contributed by atoms with Crippen molar-refractivity contribution in [2.75, 3.05) is 6.54 Å². The van der Waals surface area contributed by atoms with Crippen molar-refractivity contribution in [1.82, 2.24) is 5.32 Å². The van der Waals surface area contributed by atoms with Crippen LogP contribution in [0.2, 0.25) is 0 Å². The molecule has 0 unspecified atom stereocenters. The number of hydrogen-bond acceptors (Lipinski definition) is 2. The molecule has 1 fully saturated rings. The molecule has 1 aromatic carbocycles. The zero-order valence-corrected chi connectivity index (χ0v) is 12.0. The van der Waals surface area contributed by atoms with Crippen LogP contribution >= 0.6 is 0 Å². The number of nitrogens with one attached hydrogen (secondary N) is 1. The highest BCUT2D eigenvalue weighted by molar-refractivity contribution is 5.18. The predicted molar refractivity (Wildman–Crippen MR) is 75.3 cm³/mol. The zero-order valence-electron chi connectivity index (χ0n) is 12.0. The van der Waals surface area contributed by atoms with Gasteiger partial charge in [-0.1, -0.05) is 13.3 Å². The van der Waals surface area contributed by atoms with Crippen molar-refractivity contribution >= 4 is 0 Å². The fourth-order valence-corrected chi connectivity index (χ4v) is 2.91. The summed E-state index contributed by atoms with van der Waals surface area (Å²) in [5.41, 5.74) is -0.397. The SMILES string of the molecule is CCC1CCC(O)(CNCc2cc(F)ccc2F)CC1. The predicted octanol–water partition coefficient (Wildman–Crippen LogP) is 3.39. The van der Waals surface area contributed by atoms with Crippen molar-refractivity contribution in [3.8, 4) is 0 Å². The third kappa shape index (κ3) is 4.00. The normalized spacial score (nSPS) is 26.7. The van der Waals surface area contributed by atoms with Crippen LogP contribution in [0.3, 0.4) is 0 Å². The Hall–Kier alpha value is -1.00. The molecule has 0 atom stereocenters. The molecule has 0 radical (unpaired) electrons. The lowest BCUT2D eigenvalue weighted by atomic mass is 9.78. The van der Waals surface area contributed by atoms with Gasteiger partial charge in [-0.2, -0.15) is 0 Å². The van der Waals surface area contributed by atoms with Gasteiger partial charge >= 0.3 is 0 Å². The number of hydrogen-bond donors (Lipinski definition) is 2. The fraction of sp³-hybridized carbons (Fsp3) is 0.625. The average Bonchev–Trinajstić information content (AvgIpc) is 2.43. The molecule has 112 valence electrons. The molecule has 2 rings (SSSR count). The van der Waals surface area contributed by atoms with Crippen LogP contribution in [-0.4, -0.2) is 17.3 Å². The van der Waals surface area contributed by atoms with Crippen LogP contribution in [0.15, 0.2) is 18.2 Å². The maximum Gasteiger partial charge on any atom is 0.127 e. The van der Waals surface area contributed by atoms with Gasteiger partial charge in [-0.15, -0.1) is 0 Å². The first-order valence-corrected chi connectivity index (χ1v) is 7.39. The van der Waals surface area contributed by atoms with Crippen molar-refractivity contribution in [2.45, 2.75) is 51.2 Å². The van der Waals surface area contributed by atoms with Crippen molar-refractivity contribution in [1.29, 1.82) is 0 Å². The van der Waals surface area contributed by atoms with E-state index in [0.717, 1.165) is 50.2 Å². The third-order valence-corrected chi connectivity index (χ3v) is 4.39. The lowest BCUT2D eigenvalue weighted by molar-refractivity contribution is -0.00886. The van der Waals surface area contributed by atoms with Crippen LogP contribution in [0, 0.1) is 17.6 Å². The van der Waals surface area contributed by atoms with Crippen LogP contribution in [0.4, 0.5) is 8.78 Å². The molecule has 0 spiro atoms. The Morgan fingerprint density at radius 2 is 2.00 bits per heavy atom. The molecule has 0 amide bonds. The van der Waals surface area contributed by atoms with Crippen molar-refractivity contribution in [3.05, 3.63) is 35.4 Å². The molecule has 0 aliphatic heterocycles. The van der Waals surface area contributed by atoms with E-state index < -0.39 is 17.2 Å². The van der Waals surface area contributed by atoms with E-state index in [4.69, 9.17) is 0 Å². The Balaban J connectivity index is 1.82. The summed E-state index contributed by atoms with van der Waals surface area (Å²) in [6.45, 7) is 2.85. The summed E-state index contributed by atoms with van der Waals surface area (Å²) in [5, 5.41) is 13.5. The quantitative estimate of drug-likeness (QED) is 0.868. The molecule has 1 aromatic rings. The molecule has 0 bridgehead atoms. The first kappa shape index (κ1) is 15.4. The Labute approximate surface area is 119 Å². The summed E-state index contributed by atoms with van der Waals surface area (Å²) in [6.07, 6.45) is 4.82. The van der Waals surface area contributed by atoms with E-state index in [9.17, 15) is 13.9 Å². The van der Waals surface area contributed by atoms with Gasteiger partial charge < -0.3 is 10.4 Å². The molecule has 2 N–H and O–H groups in total. The molecule has 1 saturated carbocycles. The molecule has 0 saturated heterocycles. The van der Waals surface area contributed by atoms with E-state index in [1.54, 1.807) is 0 Å². The first-order chi connectivity index (χ1) is 9.52. The summed E-state index contributed by atoms with van der Waals surface area (Å²) < 4.78 is 26.5. The molecule has 2 nitrogen and oxygen atoms in total. The van der Waals surface area contributed by atoms with E-state index >= 15 is 0 Å². The van der Waals surface area contributed by atoms with Gasteiger partial charge in [-0.3, -0.25) is 0 Å². The van der Waals surface area contributed by atoms with Crippen molar-refractivity contribution in [2.24, 2.45) is 5.92 Å². The summed E-state index contributed by atoms with van der Waals surface area (Å²) in [6, 6.07) is 3.44. The number of benzene rings is 1. The van der Waals surface area contributed by atoms with Gasteiger partial charge in [0.1, 0.15) is 11.6 Å². The van der Waals surface area contributed by atoms with Gasteiger partial charge in [0.15, 0.2) is 0 Å². The molecule has 1 aliphatic rings. The Morgan fingerprint density at radius 3 is 2.65 bits per heavy atom. The van der Waals surface area contributed by atoms with Gasteiger partial charge in [0.25, 0.3) is 0 Å².